The highest BCUT2D eigenvalue weighted by Crippen LogP contribution is 2.60. The van der Waals surface area contributed by atoms with E-state index >= 15 is 0 Å². The van der Waals surface area contributed by atoms with E-state index in [2.05, 4.69) is 19.1 Å². The molecule has 4 heteroatoms. The molecule has 0 saturated heterocycles. The number of benzene rings is 2. The van der Waals surface area contributed by atoms with Crippen molar-refractivity contribution in [2.45, 2.75) is 18.6 Å². The molecule has 2 aliphatic rings. The van der Waals surface area contributed by atoms with Crippen LogP contribution in [0.4, 0.5) is 0 Å². The molecule has 22 heavy (non-hydrogen) atoms. The van der Waals surface area contributed by atoms with Crippen LogP contribution < -0.4 is 14.2 Å². The van der Waals surface area contributed by atoms with E-state index in [0.717, 1.165) is 39.1 Å². The Labute approximate surface area is 129 Å². The summed E-state index contributed by atoms with van der Waals surface area (Å²) in [6.07, 6.45) is 4.08. The Morgan fingerprint density at radius 1 is 1.05 bits per heavy atom. The van der Waals surface area contributed by atoms with Gasteiger partial charge in [-0.25, -0.2) is 0 Å². The Bertz CT molecular complexity index is 809. The van der Waals surface area contributed by atoms with Gasteiger partial charge in [-0.15, -0.1) is 0 Å². The fourth-order valence-corrected chi connectivity index (χ4v) is 3.73. The van der Waals surface area contributed by atoms with Crippen molar-refractivity contribution < 1.29 is 18.9 Å². The van der Waals surface area contributed by atoms with E-state index in [-0.39, 0.29) is 6.10 Å². The summed E-state index contributed by atoms with van der Waals surface area (Å²) in [6.45, 7) is 2.05. The standard InChI is InChI=1S/C18H18O4/c1-18-9-8-12(22-18)14-15(18)17(21-4)13-10(16(14)20-3)6-5-7-11(13)19-2/h5-9,12H,1-4H3/t12-,18+/m1/s1. The second kappa shape index (κ2) is 4.40. The molecule has 0 amide bonds. The van der Waals surface area contributed by atoms with Crippen molar-refractivity contribution in [3.05, 3.63) is 41.5 Å². The number of hydrogen-bond acceptors (Lipinski definition) is 4. The van der Waals surface area contributed by atoms with E-state index in [1.165, 1.54) is 0 Å². The summed E-state index contributed by atoms with van der Waals surface area (Å²) >= 11 is 0. The molecule has 4 nitrogen and oxygen atoms in total. The van der Waals surface area contributed by atoms with Gasteiger partial charge < -0.3 is 18.9 Å². The van der Waals surface area contributed by atoms with Gasteiger partial charge in [0.2, 0.25) is 0 Å². The van der Waals surface area contributed by atoms with E-state index < -0.39 is 5.60 Å². The lowest BCUT2D eigenvalue weighted by atomic mass is 9.84. The lowest BCUT2D eigenvalue weighted by molar-refractivity contribution is 0.0101. The van der Waals surface area contributed by atoms with Crippen molar-refractivity contribution in [3.63, 3.8) is 0 Å². The van der Waals surface area contributed by atoms with Gasteiger partial charge in [-0.3, -0.25) is 0 Å². The van der Waals surface area contributed by atoms with Gasteiger partial charge in [0.05, 0.1) is 26.7 Å². The fourth-order valence-electron chi connectivity index (χ4n) is 3.73. The molecule has 4 rings (SSSR count). The van der Waals surface area contributed by atoms with Gasteiger partial charge in [0.1, 0.15) is 29.0 Å². The molecule has 2 bridgehead atoms. The largest absolute Gasteiger partial charge is 0.496 e. The molecule has 114 valence electrons. The molecule has 0 aromatic heterocycles. The molecule has 2 aromatic carbocycles. The van der Waals surface area contributed by atoms with Crippen molar-refractivity contribution in [2.24, 2.45) is 0 Å². The zero-order valence-corrected chi connectivity index (χ0v) is 13.1. The van der Waals surface area contributed by atoms with Crippen LogP contribution in [0, 0.1) is 0 Å². The Morgan fingerprint density at radius 3 is 2.50 bits per heavy atom. The maximum atomic E-state index is 6.15. The van der Waals surface area contributed by atoms with Gasteiger partial charge >= 0.3 is 0 Å². The van der Waals surface area contributed by atoms with Crippen molar-refractivity contribution in [2.75, 3.05) is 21.3 Å². The van der Waals surface area contributed by atoms with Crippen molar-refractivity contribution in [1.82, 2.24) is 0 Å². The maximum absolute atomic E-state index is 6.15. The molecule has 2 aromatic rings. The topological polar surface area (TPSA) is 36.9 Å². The van der Waals surface area contributed by atoms with E-state index in [1.54, 1.807) is 21.3 Å². The van der Waals surface area contributed by atoms with Crippen LogP contribution in [0.2, 0.25) is 0 Å². The summed E-state index contributed by atoms with van der Waals surface area (Å²) in [5, 5.41) is 1.90. The summed E-state index contributed by atoms with van der Waals surface area (Å²) in [6, 6.07) is 5.92. The second-order valence-electron chi connectivity index (χ2n) is 5.74. The number of rotatable bonds is 3. The van der Waals surface area contributed by atoms with E-state index in [1.807, 2.05) is 18.2 Å². The molecule has 2 aliphatic heterocycles. The number of methoxy groups -OCH3 is 3. The predicted octanol–water partition coefficient (Wildman–Crippen LogP) is 3.72. The molecule has 2 atom stereocenters. The first-order valence-electron chi connectivity index (χ1n) is 7.26. The van der Waals surface area contributed by atoms with Gasteiger partial charge in [0.15, 0.2) is 0 Å². The Kier molecular flexibility index (Phi) is 2.69. The first-order valence-corrected chi connectivity index (χ1v) is 7.26. The van der Waals surface area contributed by atoms with Gasteiger partial charge in [-0.2, -0.15) is 0 Å². The third-order valence-corrected chi connectivity index (χ3v) is 4.61. The lowest BCUT2D eigenvalue weighted by Gasteiger charge is -2.24. The van der Waals surface area contributed by atoms with Crippen molar-refractivity contribution in [1.29, 1.82) is 0 Å². The monoisotopic (exact) mass is 298 g/mol. The van der Waals surface area contributed by atoms with Gasteiger partial charge in [-0.05, 0) is 19.1 Å². The van der Waals surface area contributed by atoms with Crippen LogP contribution in [0.15, 0.2) is 30.4 Å². The molecule has 0 fully saturated rings. The minimum Gasteiger partial charge on any atom is -0.496 e. The average Bonchev–Trinajstić information content (AvgIpc) is 3.06. The van der Waals surface area contributed by atoms with Gasteiger partial charge in [-0.1, -0.05) is 18.2 Å². The van der Waals surface area contributed by atoms with Gasteiger partial charge in [0, 0.05) is 16.5 Å². The first-order chi connectivity index (χ1) is 10.6. The quantitative estimate of drug-likeness (QED) is 0.809. The maximum Gasteiger partial charge on any atom is 0.137 e. The molecule has 0 spiro atoms. The third kappa shape index (κ3) is 1.45. The Hall–Kier alpha value is -2.20. The van der Waals surface area contributed by atoms with Crippen LogP contribution in [0.1, 0.15) is 24.2 Å². The van der Waals surface area contributed by atoms with E-state index in [0.29, 0.717) is 0 Å². The lowest BCUT2D eigenvalue weighted by Crippen LogP contribution is -2.17. The molecular weight excluding hydrogens is 280 g/mol. The van der Waals surface area contributed by atoms with Crippen LogP contribution in [0.25, 0.3) is 10.8 Å². The average molecular weight is 298 g/mol. The molecule has 0 unspecified atom stereocenters. The minimum absolute atomic E-state index is 0.0838. The molecular formula is C18H18O4. The van der Waals surface area contributed by atoms with E-state index in [9.17, 15) is 0 Å². The summed E-state index contributed by atoms with van der Waals surface area (Å²) in [4.78, 5) is 0. The summed E-state index contributed by atoms with van der Waals surface area (Å²) < 4.78 is 23.2. The highest BCUT2D eigenvalue weighted by Gasteiger charge is 2.48. The fraction of sp³-hybridized carbons (Fsp3) is 0.333. The Balaban J connectivity index is 2.22. The van der Waals surface area contributed by atoms with Crippen LogP contribution in [0.3, 0.4) is 0 Å². The van der Waals surface area contributed by atoms with E-state index in [4.69, 9.17) is 18.9 Å². The zero-order valence-electron chi connectivity index (χ0n) is 13.1. The molecule has 0 N–H and O–H groups in total. The number of ether oxygens (including phenoxy) is 4. The molecule has 2 heterocycles. The summed E-state index contributed by atoms with van der Waals surface area (Å²) in [5.41, 5.74) is 1.62. The zero-order chi connectivity index (χ0) is 15.5. The summed E-state index contributed by atoms with van der Waals surface area (Å²) in [5.74, 6) is 2.41. The molecule has 0 saturated carbocycles. The van der Waals surface area contributed by atoms with Crippen LogP contribution >= 0.6 is 0 Å². The first kappa shape index (κ1) is 13.5. The third-order valence-electron chi connectivity index (χ3n) is 4.61. The normalized spacial score (nSPS) is 24.6. The van der Waals surface area contributed by atoms with Crippen LogP contribution in [-0.2, 0) is 10.3 Å². The van der Waals surface area contributed by atoms with Crippen LogP contribution in [-0.4, -0.2) is 21.3 Å². The second-order valence-corrected chi connectivity index (χ2v) is 5.74. The van der Waals surface area contributed by atoms with Gasteiger partial charge in [0.25, 0.3) is 0 Å². The van der Waals surface area contributed by atoms with Crippen molar-refractivity contribution in [3.8, 4) is 17.2 Å². The molecule has 0 aliphatic carbocycles. The Morgan fingerprint density at radius 2 is 1.82 bits per heavy atom. The van der Waals surface area contributed by atoms with Crippen molar-refractivity contribution >= 4 is 10.8 Å². The summed E-state index contributed by atoms with van der Waals surface area (Å²) in [7, 11) is 5.05. The predicted molar refractivity (Wildman–Crippen MR) is 83.9 cm³/mol. The smallest absolute Gasteiger partial charge is 0.137 e. The SMILES string of the molecule is COc1c2c(c(OC)c3c(OC)cccc13)[C@]1(C)C=C[C@H]2O1. The number of fused-ring (bicyclic) bond motifs is 6. The van der Waals surface area contributed by atoms with Crippen LogP contribution in [0.5, 0.6) is 17.2 Å². The highest BCUT2D eigenvalue weighted by molar-refractivity contribution is 6.01. The highest BCUT2D eigenvalue weighted by atomic mass is 16.5. The molecule has 0 radical (unpaired) electrons. The minimum atomic E-state index is -0.479. The number of hydrogen-bond donors (Lipinski definition) is 0.